The van der Waals surface area contributed by atoms with Crippen LogP contribution in [0.1, 0.15) is 52.0 Å². The maximum Gasteiger partial charge on any atom is 0.408 e. The van der Waals surface area contributed by atoms with Gasteiger partial charge in [0.2, 0.25) is 0 Å². The number of nitrogens with zero attached hydrogens (tertiary/aromatic N) is 1. The minimum atomic E-state index is -0.533. The molecule has 0 aliphatic heterocycles. The van der Waals surface area contributed by atoms with Gasteiger partial charge in [-0.05, 0) is 58.2 Å². The molecule has 0 heterocycles. The number of rotatable bonds is 3. The van der Waals surface area contributed by atoms with E-state index in [1.807, 2.05) is 26.8 Å². The number of amides is 1. The first-order valence-electron chi connectivity index (χ1n) is 8.14. The zero-order valence-corrected chi connectivity index (χ0v) is 15.9. The standard InChI is InChI=1S/C18H23BrN2O3/c1-18(2,3)24-17(22)21-14-6-4-5-7-16(14)23-15-9-8-13(19)10-12(15)11-20/h8-10,14,16H,4-7H2,1-3H3,(H,21,22)/t14-,16+/m1/s1. The molecule has 0 saturated heterocycles. The number of carbonyl (C=O) groups excluding carboxylic acids is 1. The SMILES string of the molecule is CC(C)(C)OC(=O)N[C@@H]1CCCC[C@@H]1Oc1ccc(Br)cc1C#N. The molecule has 0 aromatic heterocycles. The summed E-state index contributed by atoms with van der Waals surface area (Å²) in [5.74, 6) is 0.545. The molecule has 130 valence electrons. The third kappa shape index (κ3) is 5.41. The fourth-order valence-electron chi connectivity index (χ4n) is 2.72. The second-order valence-electron chi connectivity index (χ2n) is 6.95. The third-order valence-corrected chi connectivity index (χ3v) is 4.24. The van der Waals surface area contributed by atoms with Crippen molar-refractivity contribution in [2.24, 2.45) is 0 Å². The van der Waals surface area contributed by atoms with Crippen molar-refractivity contribution in [1.29, 1.82) is 5.26 Å². The van der Waals surface area contributed by atoms with E-state index < -0.39 is 11.7 Å². The molecule has 0 spiro atoms. The average molecular weight is 395 g/mol. The van der Waals surface area contributed by atoms with Crippen LogP contribution in [0.2, 0.25) is 0 Å². The maximum absolute atomic E-state index is 12.0. The first kappa shape index (κ1) is 18.6. The molecule has 1 aliphatic carbocycles. The van der Waals surface area contributed by atoms with Crippen LogP contribution in [0, 0.1) is 11.3 Å². The number of alkyl carbamates (subject to hydrolysis) is 1. The molecule has 2 rings (SSSR count). The van der Waals surface area contributed by atoms with E-state index in [0.29, 0.717) is 11.3 Å². The number of hydrogen-bond acceptors (Lipinski definition) is 4. The van der Waals surface area contributed by atoms with Crippen LogP contribution in [0.4, 0.5) is 4.79 Å². The van der Waals surface area contributed by atoms with E-state index in [0.717, 1.165) is 30.2 Å². The van der Waals surface area contributed by atoms with Crippen LogP contribution in [0.5, 0.6) is 5.75 Å². The molecule has 1 aromatic rings. The first-order valence-corrected chi connectivity index (χ1v) is 8.93. The molecular formula is C18H23BrN2O3. The number of benzene rings is 1. The number of halogens is 1. The Labute approximate surface area is 151 Å². The van der Waals surface area contributed by atoms with E-state index >= 15 is 0 Å². The van der Waals surface area contributed by atoms with E-state index in [9.17, 15) is 10.1 Å². The molecule has 0 unspecified atom stereocenters. The van der Waals surface area contributed by atoms with Gasteiger partial charge in [0, 0.05) is 4.47 Å². The predicted molar refractivity (Wildman–Crippen MR) is 94.9 cm³/mol. The number of nitriles is 1. The maximum atomic E-state index is 12.0. The molecule has 1 amide bonds. The topological polar surface area (TPSA) is 71.3 Å². The highest BCUT2D eigenvalue weighted by molar-refractivity contribution is 9.10. The van der Waals surface area contributed by atoms with Gasteiger partial charge in [0.25, 0.3) is 0 Å². The van der Waals surface area contributed by atoms with E-state index in [1.54, 1.807) is 12.1 Å². The summed E-state index contributed by atoms with van der Waals surface area (Å²) in [7, 11) is 0. The van der Waals surface area contributed by atoms with Crippen molar-refractivity contribution in [3.8, 4) is 11.8 Å². The van der Waals surface area contributed by atoms with Crippen LogP contribution in [-0.2, 0) is 4.74 Å². The fraction of sp³-hybridized carbons (Fsp3) is 0.556. The summed E-state index contributed by atoms with van der Waals surface area (Å²) in [6.07, 6.45) is 3.14. The summed E-state index contributed by atoms with van der Waals surface area (Å²) < 4.78 is 12.2. The Hall–Kier alpha value is -1.74. The normalized spacial score (nSPS) is 20.8. The molecule has 6 heteroatoms. The summed E-state index contributed by atoms with van der Waals surface area (Å²) in [5.41, 5.74) is -0.0552. The third-order valence-electron chi connectivity index (χ3n) is 3.75. The molecule has 1 fully saturated rings. The largest absolute Gasteiger partial charge is 0.487 e. The minimum absolute atomic E-state index is 0.121. The van der Waals surface area contributed by atoms with Gasteiger partial charge in [-0.3, -0.25) is 0 Å². The Bertz CT molecular complexity index is 634. The Morgan fingerprint density at radius 2 is 2.04 bits per heavy atom. The Balaban J connectivity index is 2.07. The van der Waals surface area contributed by atoms with Gasteiger partial charge >= 0.3 is 6.09 Å². The van der Waals surface area contributed by atoms with Crippen LogP contribution in [0.3, 0.4) is 0 Å². The lowest BCUT2D eigenvalue weighted by molar-refractivity contribution is 0.0401. The smallest absolute Gasteiger partial charge is 0.408 e. The predicted octanol–water partition coefficient (Wildman–Crippen LogP) is 4.54. The lowest BCUT2D eigenvalue weighted by Crippen LogP contribution is -2.49. The summed E-state index contributed by atoms with van der Waals surface area (Å²) in [5, 5.41) is 12.2. The van der Waals surface area contributed by atoms with E-state index in [2.05, 4.69) is 27.3 Å². The number of hydrogen-bond donors (Lipinski definition) is 1. The molecule has 1 aromatic carbocycles. The van der Waals surface area contributed by atoms with Crippen LogP contribution < -0.4 is 10.1 Å². The Morgan fingerprint density at radius 3 is 2.71 bits per heavy atom. The lowest BCUT2D eigenvalue weighted by Gasteiger charge is -2.33. The molecule has 1 N–H and O–H groups in total. The van der Waals surface area contributed by atoms with Crippen molar-refractivity contribution in [1.82, 2.24) is 5.32 Å². The summed E-state index contributed by atoms with van der Waals surface area (Å²) in [6, 6.07) is 7.38. The van der Waals surface area contributed by atoms with Crippen LogP contribution in [-0.4, -0.2) is 23.8 Å². The van der Waals surface area contributed by atoms with Crippen LogP contribution >= 0.6 is 15.9 Å². The highest BCUT2D eigenvalue weighted by Crippen LogP contribution is 2.28. The van der Waals surface area contributed by atoms with Gasteiger partial charge in [-0.25, -0.2) is 4.79 Å². The van der Waals surface area contributed by atoms with Crippen LogP contribution in [0.25, 0.3) is 0 Å². The van der Waals surface area contributed by atoms with E-state index in [4.69, 9.17) is 9.47 Å². The second-order valence-corrected chi connectivity index (χ2v) is 7.86. The molecule has 24 heavy (non-hydrogen) atoms. The van der Waals surface area contributed by atoms with Gasteiger partial charge in [0.15, 0.2) is 0 Å². The fourth-order valence-corrected chi connectivity index (χ4v) is 3.08. The van der Waals surface area contributed by atoms with E-state index in [-0.39, 0.29) is 12.1 Å². The van der Waals surface area contributed by atoms with Crippen molar-refractivity contribution in [3.05, 3.63) is 28.2 Å². The molecule has 0 bridgehead atoms. The van der Waals surface area contributed by atoms with Crippen molar-refractivity contribution in [2.75, 3.05) is 0 Å². The van der Waals surface area contributed by atoms with Gasteiger partial charge in [-0.1, -0.05) is 22.4 Å². The number of ether oxygens (including phenoxy) is 2. The van der Waals surface area contributed by atoms with E-state index in [1.165, 1.54) is 0 Å². The van der Waals surface area contributed by atoms with Crippen LogP contribution in [0.15, 0.2) is 22.7 Å². The average Bonchev–Trinajstić information content (AvgIpc) is 2.49. The zero-order chi connectivity index (χ0) is 17.7. The summed E-state index contributed by atoms with van der Waals surface area (Å²) in [4.78, 5) is 12.0. The monoisotopic (exact) mass is 394 g/mol. The zero-order valence-electron chi connectivity index (χ0n) is 14.3. The summed E-state index contributed by atoms with van der Waals surface area (Å²) in [6.45, 7) is 5.51. The quantitative estimate of drug-likeness (QED) is 0.816. The molecule has 0 radical (unpaired) electrons. The Kier molecular flexibility index (Phi) is 6.11. The Morgan fingerprint density at radius 1 is 1.33 bits per heavy atom. The van der Waals surface area contributed by atoms with Gasteiger partial charge in [-0.2, -0.15) is 5.26 Å². The molecule has 1 aliphatic rings. The lowest BCUT2D eigenvalue weighted by atomic mass is 9.92. The van der Waals surface area contributed by atoms with Gasteiger partial charge in [0.1, 0.15) is 23.5 Å². The minimum Gasteiger partial charge on any atom is -0.487 e. The molecule has 1 saturated carbocycles. The first-order chi connectivity index (χ1) is 11.3. The highest BCUT2D eigenvalue weighted by Gasteiger charge is 2.30. The number of carbonyl (C=O) groups is 1. The van der Waals surface area contributed by atoms with Crippen molar-refractivity contribution in [3.63, 3.8) is 0 Å². The van der Waals surface area contributed by atoms with Crippen molar-refractivity contribution < 1.29 is 14.3 Å². The van der Waals surface area contributed by atoms with Gasteiger partial charge in [0.05, 0.1) is 11.6 Å². The van der Waals surface area contributed by atoms with Gasteiger partial charge < -0.3 is 14.8 Å². The number of nitrogens with one attached hydrogen (secondary N) is 1. The summed E-state index contributed by atoms with van der Waals surface area (Å²) >= 11 is 3.35. The van der Waals surface area contributed by atoms with Gasteiger partial charge in [-0.15, -0.1) is 0 Å². The van der Waals surface area contributed by atoms with Crippen molar-refractivity contribution in [2.45, 2.75) is 64.2 Å². The second kappa shape index (κ2) is 7.89. The highest BCUT2D eigenvalue weighted by atomic mass is 79.9. The molecule has 5 nitrogen and oxygen atoms in total. The van der Waals surface area contributed by atoms with Crippen molar-refractivity contribution >= 4 is 22.0 Å². The molecule has 2 atom stereocenters. The molecular weight excluding hydrogens is 372 g/mol.